The Morgan fingerprint density at radius 3 is 2.96 bits per heavy atom. The molecule has 2 aliphatic rings. The molecule has 1 amide bonds. The molecule has 0 saturated heterocycles. The lowest BCUT2D eigenvalue weighted by molar-refractivity contribution is -0.117. The lowest BCUT2D eigenvalue weighted by Gasteiger charge is -2.24. The summed E-state index contributed by atoms with van der Waals surface area (Å²) in [6.45, 7) is 0.587. The van der Waals surface area contributed by atoms with Crippen molar-refractivity contribution >= 4 is 11.6 Å². The molecule has 2 aromatic rings. The van der Waals surface area contributed by atoms with Gasteiger partial charge in [-0.3, -0.25) is 9.69 Å². The van der Waals surface area contributed by atoms with Gasteiger partial charge in [-0.05, 0) is 43.1 Å². The fourth-order valence-corrected chi connectivity index (χ4v) is 3.50. The van der Waals surface area contributed by atoms with E-state index in [0.717, 1.165) is 18.5 Å². The van der Waals surface area contributed by atoms with Crippen LogP contribution in [0.1, 0.15) is 23.6 Å². The van der Waals surface area contributed by atoms with Gasteiger partial charge in [0, 0.05) is 17.8 Å². The van der Waals surface area contributed by atoms with Crippen LogP contribution < -0.4 is 14.8 Å². The number of nitrogens with one attached hydrogen (secondary N) is 1. The van der Waals surface area contributed by atoms with Crippen LogP contribution in [0.3, 0.4) is 0 Å². The Labute approximate surface area is 141 Å². The summed E-state index contributed by atoms with van der Waals surface area (Å²) >= 11 is 0. The monoisotopic (exact) mass is 324 g/mol. The van der Waals surface area contributed by atoms with Crippen molar-refractivity contribution in [1.82, 2.24) is 4.90 Å². The number of carbonyl (C=O) groups is 1. The van der Waals surface area contributed by atoms with Gasteiger partial charge in [-0.1, -0.05) is 24.3 Å². The second kappa shape index (κ2) is 6.17. The third kappa shape index (κ3) is 2.83. The fourth-order valence-electron chi connectivity index (χ4n) is 3.50. The summed E-state index contributed by atoms with van der Waals surface area (Å²) < 4.78 is 10.6. The Morgan fingerprint density at radius 2 is 2.04 bits per heavy atom. The quantitative estimate of drug-likeness (QED) is 0.939. The Hall–Kier alpha value is -2.53. The number of hydrogen-bond donors (Lipinski definition) is 1. The van der Waals surface area contributed by atoms with Crippen LogP contribution >= 0.6 is 0 Å². The number of amides is 1. The largest absolute Gasteiger partial charge is 0.454 e. The summed E-state index contributed by atoms with van der Waals surface area (Å²) in [6, 6.07) is 14.2. The standard InChI is InChI=1S/C19H20N2O3/c1-21(16-8-6-13-4-2-3-5-15(13)16)11-19(22)20-14-7-9-17-18(10-14)24-12-23-17/h2-5,7,9-10,16H,6,8,11-12H2,1H3,(H,20,22). The predicted octanol–water partition coefficient (Wildman–Crippen LogP) is 2.97. The van der Waals surface area contributed by atoms with Crippen LogP contribution in [-0.2, 0) is 11.2 Å². The SMILES string of the molecule is CN(CC(=O)Nc1ccc2c(c1)OCO2)C1CCc2ccccc21. The molecular formula is C19H20N2O3. The maximum absolute atomic E-state index is 12.4. The van der Waals surface area contributed by atoms with Gasteiger partial charge in [0.15, 0.2) is 11.5 Å². The third-order valence-corrected chi connectivity index (χ3v) is 4.68. The first-order valence-electron chi connectivity index (χ1n) is 8.18. The van der Waals surface area contributed by atoms with Crippen molar-refractivity contribution in [2.24, 2.45) is 0 Å². The van der Waals surface area contributed by atoms with Crippen molar-refractivity contribution in [3.8, 4) is 11.5 Å². The molecule has 1 atom stereocenters. The Morgan fingerprint density at radius 1 is 1.21 bits per heavy atom. The molecule has 1 N–H and O–H groups in total. The fraction of sp³-hybridized carbons (Fsp3) is 0.316. The van der Waals surface area contributed by atoms with Gasteiger partial charge < -0.3 is 14.8 Å². The lowest BCUT2D eigenvalue weighted by Crippen LogP contribution is -2.32. The Bertz CT molecular complexity index is 775. The van der Waals surface area contributed by atoms with E-state index >= 15 is 0 Å². The molecule has 1 aliphatic carbocycles. The number of fused-ring (bicyclic) bond motifs is 2. The van der Waals surface area contributed by atoms with Crippen molar-refractivity contribution < 1.29 is 14.3 Å². The van der Waals surface area contributed by atoms with Gasteiger partial charge in [0.1, 0.15) is 0 Å². The molecule has 4 rings (SSSR count). The minimum Gasteiger partial charge on any atom is -0.454 e. The van der Waals surface area contributed by atoms with E-state index in [-0.39, 0.29) is 12.7 Å². The molecule has 24 heavy (non-hydrogen) atoms. The van der Waals surface area contributed by atoms with E-state index in [2.05, 4.69) is 34.5 Å². The average Bonchev–Trinajstić information content (AvgIpc) is 3.20. The molecule has 0 saturated carbocycles. The molecule has 5 heteroatoms. The van der Waals surface area contributed by atoms with Crippen molar-refractivity contribution in [2.75, 3.05) is 25.7 Å². The van der Waals surface area contributed by atoms with E-state index < -0.39 is 0 Å². The highest BCUT2D eigenvalue weighted by Gasteiger charge is 2.26. The summed E-state index contributed by atoms with van der Waals surface area (Å²) in [5, 5.41) is 2.93. The molecular weight excluding hydrogens is 304 g/mol. The third-order valence-electron chi connectivity index (χ3n) is 4.68. The first kappa shape index (κ1) is 15.0. The van der Waals surface area contributed by atoms with Crippen LogP contribution in [0, 0.1) is 0 Å². The zero-order valence-electron chi connectivity index (χ0n) is 13.6. The highest BCUT2D eigenvalue weighted by Crippen LogP contribution is 2.35. The Balaban J connectivity index is 1.39. The molecule has 1 heterocycles. The summed E-state index contributed by atoms with van der Waals surface area (Å²) in [7, 11) is 2.01. The van der Waals surface area contributed by atoms with E-state index in [4.69, 9.17) is 9.47 Å². The van der Waals surface area contributed by atoms with Crippen molar-refractivity contribution in [1.29, 1.82) is 0 Å². The zero-order chi connectivity index (χ0) is 16.5. The minimum atomic E-state index is -0.0271. The molecule has 2 aromatic carbocycles. The van der Waals surface area contributed by atoms with E-state index in [9.17, 15) is 4.79 Å². The highest BCUT2D eigenvalue weighted by molar-refractivity contribution is 5.92. The van der Waals surface area contributed by atoms with Crippen LogP contribution in [0.15, 0.2) is 42.5 Å². The maximum atomic E-state index is 12.4. The van der Waals surface area contributed by atoms with Gasteiger partial charge in [0.05, 0.1) is 6.54 Å². The van der Waals surface area contributed by atoms with Crippen LogP contribution in [-0.4, -0.2) is 31.2 Å². The van der Waals surface area contributed by atoms with E-state index in [1.54, 1.807) is 6.07 Å². The maximum Gasteiger partial charge on any atom is 0.238 e. The predicted molar refractivity (Wildman–Crippen MR) is 91.3 cm³/mol. The number of hydrogen-bond acceptors (Lipinski definition) is 4. The first-order chi connectivity index (χ1) is 11.7. The molecule has 0 spiro atoms. The Kier molecular flexibility index (Phi) is 3.86. The molecule has 5 nitrogen and oxygen atoms in total. The number of rotatable bonds is 4. The van der Waals surface area contributed by atoms with Gasteiger partial charge in [0.25, 0.3) is 0 Å². The minimum absolute atomic E-state index is 0.0271. The zero-order valence-corrected chi connectivity index (χ0v) is 13.6. The number of benzene rings is 2. The van der Waals surface area contributed by atoms with Crippen molar-refractivity contribution in [3.05, 3.63) is 53.6 Å². The summed E-state index contributed by atoms with van der Waals surface area (Å²) in [5.74, 6) is 1.36. The summed E-state index contributed by atoms with van der Waals surface area (Å²) in [4.78, 5) is 14.5. The number of anilines is 1. The number of aryl methyl sites for hydroxylation is 1. The molecule has 0 bridgehead atoms. The van der Waals surface area contributed by atoms with Gasteiger partial charge >= 0.3 is 0 Å². The first-order valence-corrected chi connectivity index (χ1v) is 8.18. The van der Waals surface area contributed by atoms with Crippen LogP contribution in [0.5, 0.6) is 11.5 Å². The summed E-state index contributed by atoms with van der Waals surface area (Å²) in [5.41, 5.74) is 3.46. The van der Waals surface area contributed by atoms with Crippen LogP contribution in [0.25, 0.3) is 0 Å². The molecule has 124 valence electrons. The van der Waals surface area contributed by atoms with Gasteiger partial charge in [-0.15, -0.1) is 0 Å². The second-order valence-corrected chi connectivity index (χ2v) is 6.28. The van der Waals surface area contributed by atoms with Crippen LogP contribution in [0.4, 0.5) is 5.69 Å². The molecule has 0 radical (unpaired) electrons. The van der Waals surface area contributed by atoms with Gasteiger partial charge in [0.2, 0.25) is 12.7 Å². The van der Waals surface area contributed by atoms with E-state index in [1.807, 2.05) is 19.2 Å². The van der Waals surface area contributed by atoms with E-state index in [0.29, 0.717) is 24.1 Å². The van der Waals surface area contributed by atoms with Crippen LogP contribution in [0.2, 0.25) is 0 Å². The smallest absolute Gasteiger partial charge is 0.238 e. The molecule has 0 aromatic heterocycles. The normalized spacial score (nSPS) is 17.8. The number of ether oxygens (including phenoxy) is 2. The number of carbonyl (C=O) groups excluding carboxylic acids is 1. The van der Waals surface area contributed by atoms with Crippen molar-refractivity contribution in [3.63, 3.8) is 0 Å². The van der Waals surface area contributed by atoms with Crippen molar-refractivity contribution in [2.45, 2.75) is 18.9 Å². The number of likely N-dealkylation sites (N-methyl/N-ethyl adjacent to an activating group) is 1. The summed E-state index contributed by atoms with van der Waals surface area (Å²) in [6.07, 6.45) is 2.14. The number of nitrogens with zero attached hydrogens (tertiary/aromatic N) is 1. The molecule has 0 fully saturated rings. The molecule has 1 aliphatic heterocycles. The second-order valence-electron chi connectivity index (χ2n) is 6.28. The highest BCUT2D eigenvalue weighted by atomic mass is 16.7. The van der Waals surface area contributed by atoms with Gasteiger partial charge in [-0.25, -0.2) is 0 Å². The topological polar surface area (TPSA) is 50.8 Å². The lowest BCUT2D eigenvalue weighted by atomic mass is 10.1. The van der Waals surface area contributed by atoms with E-state index in [1.165, 1.54) is 11.1 Å². The average molecular weight is 324 g/mol. The molecule has 1 unspecified atom stereocenters. The van der Waals surface area contributed by atoms with Gasteiger partial charge in [-0.2, -0.15) is 0 Å².